The van der Waals surface area contributed by atoms with Crippen molar-refractivity contribution in [2.75, 3.05) is 37.7 Å². The van der Waals surface area contributed by atoms with Crippen LogP contribution < -0.4 is 15.8 Å². The lowest BCUT2D eigenvalue weighted by atomic mass is 10.0. The first-order chi connectivity index (χ1) is 19.8. The second kappa shape index (κ2) is 11.1. The largest absolute Gasteiger partial charge is 0.418 e. The summed E-state index contributed by atoms with van der Waals surface area (Å²) in [6.45, 7) is 0.00645. The minimum atomic E-state index is -4.99. The first-order valence-electron chi connectivity index (χ1n) is 12.4. The number of alkyl halides is 3. The molecule has 0 radical (unpaired) electrons. The molecule has 2 saturated heterocycles. The van der Waals surface area contributed by atoms with Gasteiger partial charge in [-0.2, -0.15) is 17.6 Å². The van der Waals surface area contributed by atoms with Crippen molar-refractivity contribution in [1.82, 2.24) is 15.2 Å². The van der Waals surface area contributed by atoms with Gasteiger partial charge in [0.25, 0.3) is 17.4 Å². The molecule has 0 unspecified atom stereocenters. The highest BCUT2D eigenvalue weighted by Crippen LogP contribution is 2.42. The Labute approximate surface area is 240 Å². The maximum absolute atomic E-state index is 14.8. The van der Waals surface area contributed by atoms with Crippen LogP contribution >= 0.6 is 15.9 Å². The molecule has 16 heteroatoms. The van der Waals surface area contributed by atoms with E-state index in [0.717, 1.165) is 23.1 Å². The number of pyridine rings is 1. The number of H-pyrrole nitrogens is 1. The van der Waals surface area contributed by atoms with E-state index in [1.807, 2.05) is 4.98 Å². The highest BCUT2D eigenvalue weighted by Gasteiger charge is 2.43. The van der Waals surface area contributed by atoms with Gasteiger partial charge in [0, 0.05) is 35.9 Å². The SMILES string of the molecule is O=C(N[C@@H]1CC(=O)N(c2c(C(=O)N3CCOCC3)cc(Br)cc2C(F)(F)F)C1)c1c(F)c(=O)[nH]c2c(F)c(F)ccc12. The molecule has 1 atom stereocenters. The van der Waals surface area contributed by atoms with Crippen LogP contribution in [0.1, 0.15) is 32.7 Å². The van der Waals surface area contributed by atoms with E-state index in [1.165, 1.54) is 4.90 Å². The third-order valence-corrected chi connectivity index (χ3v) is 7.35. The summed E-state index contributed by atoms with van der Waals surface area (Å²) >= 11 is 3.00. The van der Waals surface area contributed by atoms with Gasteiger partial charge in [0.15, 0.2) is 11.6 Å². The zero-order valence-electron chi connectivity index (χ0n) is 21.2. The van der Waals surface area contributed by atoms with Crippen molar-refractivity contribution in [2.24, 2.45) is 0 Å². The van der Waals surface area contributed by atoms with Crippen LogP contribution in [0.3, 0.4) is 0 Å². The van der Waals surface area contributed by atoms with E-state index in [-0.39, 0.29) is 30.8 Å². The van der Waals surface area contributed by atoms with Crippen molar-refractivity contribution >= 4 is 50.2 Å². The number of fused-ring (bicyclic) bond motifs is 1. The Morgan fingerprint density at radius 1 is 1.05 bits per heavy atom. The molecule has 0 saturated carbocycles. The molecular weight excluding hydrogens is 642 g/mol. The summed E-state index contributed by atoms with van der Waals surface area (Å²) in [7, 11) is 0. The monoisotopic (exact) mass is 660 g/mol. The van der Waals surface area contributed by atoms with E-state index < -0.39 is 99.2 Å². The molecule has 2 aliphatic rings. The quantitative estimate of drug-likeness (QED) is 0.415. The lowest BCUT2D eigenvalue weighted by Gasteiger charge is -2.30. The molecule has 0 aliphatic carbocycles. The molecule has 3 aromatic rings. The second-order valence-corrected chi connectivity index (χ2v) is 10.5. The van der Waals surface area contributed by atoms with Crippen molar-refractivity contribution < 1.29 is 45.5 Å². The standard InChI is InChI=1S/C26H19BrF6N4O5/c27-11-7-14(25(41)36-3-5-42-6-4-36)22(15(8-11)26(31,32)33)37-10-12(9-17(37)38)34-23(39)18-13-1-2-16(28)19(29)21(13)35-24(40)20(18)30/h1-2,7-8,12H,3-6,9-10H2,(H,34,39)(H,35,40)/t12-/m1/s1. The minimum absolute atomic E-state index is 0.0630. The zero-order chi connectivity index (χ0) is 30.5. The second-order valence-electron chi connectivity index (χ2n) is 9.56. The summed E-state index contributed by atoms with van der Waals surface area (Å²) < 4.78 is 90.5. The molecule has 222 valence electrons. The van der Waals surface area contributed by atoms with E-state index in [1.54, 1.807) is 0 Å². The lowest BCUT2D eigenvalue weighted by Crippen LogP contribution is -2.42. The van der Waals surface area contributed by atoms with Gasteiger partial charge in [0.2, 0.25) is 11.7 Å². The molecular formula is C26H19BrF6N4O5. The predicted molar refractivity (Wildman–Crippen MR) is 139 cm³/mol. The van der Waals surface area contributed by atoms with Gasteiger partial charge >= 0.3 is 6.18 Å². The fourth-order valence-corrected chi connectivity index (χ4v) is 5.45. The van der Waals surface area contributed by atoms with Crippen LogP contribution in [0.2, 0.25) is 0 Å². The molecule has 2 aromatic carbocycles. The normalized spacial score (nSPS) is 17.7. The Morgan fingerprint density at radius 2 is 1.74 bits per heavy atom. The van der Waals surface area contributed by atoms with Crippen LogP contribution in [-0.4, -0.2) is 66.5 Å². The van der Waals surface area contributed by atoms with Gasteiger partial charge in [-0.15, -0.1) is 0 Å². The number of anilines is 1. The van der Waals surface area contributed by atoms with Gasteiger partial charge in [-0.1, -0.05) is 15.9 Å². The fourth-order valence-electron chi connectivity index (χ4n) is 4.99. The summed E-state index contributed by atoms with van der Waals surface area (Å²) in [6, 6.07) is 2.16. The molecule has 1 aromatic heterocycles. The molecule has 3 heterocycles. The summed E-state index contributed by atoms with van der Waals surface area (Å²) in [5.74, 6) is -7.46. The number of morpholine rings is 1. The number of aromatic nitrogens is 1. The van der Waals surface area contributed by atoms with E-state index in [4.69, 9.17) is 4.74 Å². The van der Waals surface area contributed by atoms with Gasteiger partial charge in [-0.05, 0) is 24.3 Å². The van der Waals surface area contributed by atoms with Gasteiger partial charge in [0.1, 0.15) is 0 Å². The molecule has 5 rings (SSSR count). The molecule has 42 heavy (non-hydrogen) atoms. The number of nitrogens with one attached hydrogen (secondary N) is 2. The van der Waals surface area contributed by atoms with Gasteiger partial charge < -0.3 is 24.8 Å². The zero-order valence-corrected chi connectivity index (χ0v) is 22.8. The third kappa shape index (κ3) is 5.35. The van der Waals surface area contributed by atoms with Crippen molar-refractivity contribution in [2.45, 2.75) is 18.6 Å². The average molecular weight is 661 g/mol. The topological polar surface area (TPSA) is 112 Å². The predicted octanol–water partition coefficient (Wildman–Crippen LogP) is 3.73. The summed E-state index contributed by atoms with van der Waals surface area (Å²) in [5, 5.41) is 1.81. The van der Waals surface area contributed by atoms with Crippen LogP contribution in [-0.2, 0) is 15.7 Å². The van der Waals surface area contributed by atoms with Crippen LogP contribution in [0.25, 0.3) is 10.9 Å². The number of carbonyl (C=O) groups excluding carboxylic acids is 3. The number of hydrogen-bond acceptors (Lipinski definition) is 5. The molecule has 0 spiro atoms. The number of rotatable bonds is 4. The van der Waals surface area contributed by atoms with Crippen molar-refractivity contribution in [1.29, 1.82) is 0 Å². The van der Waals surface area contributed by atoms with E-state index >= 15 is 0 Å². The third-order valence-electron chi connectivity index (χ3n) is 6.89. The number of benzene rings is 2. The van der Waals surface area contributed by atoms with Crippen molar-refractivity contribution in [3.05, 3.63) is 73.2 Å². The molecule has 2 fully saturated rings. The number of halogens is 7. The highest BCUT2D eigenvalue weighted by atomic mass is 79.9. The number of carbonyl (C=O) groups is 3. The van der Waals surface area contributed by atoms with E-state index in [9.17, 15) is 45.5 Å². The van der Waals surface area contributed by atoms with Crippen LogP contribution in [0.5, 0.6) is 0 Å². The van der Waals surface area contributed by atoms with Crippen LogP contribution in [0.4, 0.5) is 32.0 Å². The summed E-state index contributed by atoms with van der Waals surface area (Å²) in [6.07, 6.45) is -5.54. The van der Waals surface area contributed by atoms with Crippen molar-refractivity contribution in [3.63, 3.8) is 0 Å². The van der Waals surface area contributed by atoms with Crippen molar-refractivity contribution in [3.8, 4) is 0 Å². The number of ether oxygens (including phenoxy) is 1. The molecule has 0 bridgehead atoms. The Balaban J connectivity index is 1.51. The first kappa shape index (κ1) is 29.6. The minimum Gasteiger partial charge on any atom is -0.378 e. The van der Waals surface area contributed by atoms with Gasteiger partial charge in [-0.25, -0.2) is 8.78 Å². The summed E-state index contributed by atoms with van der Waals surface area (Å²) in [4.78, 5) is 55.3. The maximum Gasteiger partial charge on any atom is 0.418 e. The Morgan fingerprint density at radius 3 is 2.40 bits per heavy atom. The lowest BCUT2D eigenvalue weighted by molar-refractivity contribution is -0.137. The number of amides is 3. The van der Waals surface area contributed by atoms with Crippen LogP contribution in [0, 0.1) is 17.5 Å². The van der Waals surface area contributed by atoms with Gasteiger partial charge in [0.05, 0.1) is 47.2 Å². The maximum atomic E-state index is 14.8. The fraction of sp³-hybridized carbons (Fsp3) is 0.308. The first-order valence-corrected chi connectivity index (χ1v) is 13.2. The van der Waals surface area contributed by atoms with E-state index in [2.05, 4.69) is 21.2 Å². The smallest absolute Gasteiger partial charge is 0.378 e. The Hall–Kier alpha value is -3.92. The number of nitrogens with zero attached hydrogens (tertiary/aromatic N) is 2. The van der Waals surface area contributed by atoms with Gasteiger partial charge in [-0.3, -0.25) is 19.2 Å². The molecule has 2 aliphatic heterocycles. The average Bonchev–Trinajstić information content (AvgIpc) is 3.30. The number of hydrogen-bond donors (Lipinski definition) is 2. The molecule has 3 amide bonds. The molecule has 9 nitrogen and oxygen atoms in total. The molecule has 2 N–H and O–H groups in total. The highest BCUT2D eigenvalue weighted by molar-refractivity contribution is 9.10. The van der Waals surface area contributed by atoms with E-state index in [0.29, 0.717) is 6.07 Å². The Bertz CT molecular complexity index is 1690. The Kier molecular flexibility index (Phi) is 7.78. The number of aromatic amines is 1. The van der Waals surface area contributed by atoms with Crippen LogP contribution in [0.15, 0.2) is 33.5 Å². The summed E-state index contributed by atoms with van der Waals surface area (Å²) in [5.41, 5.74) is -5.64.